The maximum Gasteiger partial charge on any atom is 4.00 e. The Kier molecular flexibility index (Phi) is 15.8. The number of hydrogen-bond donors (Lipinski definition) is 8. The second-order valence-corrected chi connectivity index (χ2v) is 13.7. The molecule has 0 bridgehead atoms. The monoisotopic (exact) mass is 854 g/mol. The van der Waals surface area contributed by atoms with E-state index in [2.05, 4.69) is 0 Å². The van der Waals surface area contributed by atoms with Crippen molar-refractivity contribution in [2.24, 2.45) is 0 Å². The van der Waals surface area contributed by atoms with Gasteiger partial charge in [0.05, 0.1) is 19.6 Å². The molecule has 4 aromatic rings. The molecule has 0 atom stereocenters. The Bertz CT molecular complexity index is 1900. The first-order chi connectivity index (χ1) is 21.7. The second-order valence-electron chi connectivity index (χ2n) is 8.31. The molecule has 25 heteroatoms. The maximum atomic E-state index is 10.4. The van der Waals surface area contributed by atoms with E-state index in [0.717, 1.165) is 72.8 Å². The van der Waals surface area contributed by atoms with Crippen molar-refractivity contribution in [1.29, 1.82) is 0 Å². The number of phenols is 8. The predicted molar refractivity (Wildman–Crippen MR) is 151 cm³/mol. The fourth-order valence-electron chi connectivity index (χ4n) is 2.85. The zero-order chi connectivity index (χ0) is 37.4. The normalized spacial score (nSPS) is 11.2. The number of para-hydroxylation sites is 4. The zero-order valence-corrected chi connectivity index (χ0v) is 28.7. The summed E-state index contributed by atoms with van der Waals surface area (Å²) in [7, 11) is -18.9. The standard InChI is InChI=1S/4C6H6O5S.Mo/c4*7-4-2-1-3-5(6(4)8)12(9,10)11;/h4*1-3,7-8H,(H,9,10,11);/q;;;;+4/p-4. The van der Waals surface area contributed by atoms with E-state index in [1.54, 1.807) is 0 Å². The quantitative estimate of drug-likeness (QED) is 0.0761. The van der Waals surface area contributed by atoms with Gasteiger partial charge in [0, 0.05) is 0 Å². The molecule has 4 aromatic carbocycles. The van der Waals surface area contributed by atoms with Crippen LogP contribution >= 0.6 is 0 Å². The SMILES string of the molecule is O=S(=O)([O-])c1cccc(O)c1O.O=S(=O)([O-])c1cccc(O)c1O.O=S(=O)([O-])c1cccc(O)c1O.O=S(=O)([O-])c1cccc(O)c1O.[Mo+4]. The Morgan fingerprint density at radius 1 is 0.327 bits per heavy atom. The summed E-state index contributed by atoms with van der Waals surface area (Å²) in [6.45, 7) is 0. The van der Waals surface area contributed by atoms with Crippen LogP contribution in [0.3, 0.4) is 0 Å². The molecule has 0 spiro atoms. The molecule has 0 heterocycles. The van der Waals surface area contributed by atoms with Crippen LogP contribution in [0.4, 0.5) is 0 Å². The topological polar surface area (TPSA) is 391 Å². The first-order valence-corrected chi connectivity index (χ1v) is 17.2. The minimum atomic E-state index is -4.72. The smallest absolute Gasteiger partial charge is 0.744 e. The summed E-state index contributed by atoms with van der Waals surface area (Å²) in [4.78, 5) is -3.27. The van der Waals surface area contributed by atoms with E-state index in [1.165, 1.54) is 0 Å². The van der Waals surface area contributed by atoms with E-state index in [9.17, 15) is 51.9 Å². The van der Waals surface area contributed by atoms with Crippen molar-refractivity contribution in [2.75, 3.05) is 0 Å². The Labute approximate surface area is 291 Å². The van der Waals surface area contributed by atoms with E-state index in [0.29, 0.717) is 0 Å². The molecule has 0 fully saturated rings. The molecule has 0 unspecified atom stereocenters. The van der Waals surface area contributed by atoms with Gasteiger partial charge < -0.3 is 59.1 Å². The maximum absolute atomic E-state index is 10.4. The van der Waals surface area contributed by atoms with Crippen LogP contribution in [0.25, 0.3) is 0 Å². The molecular weight excluding hydrogens is 832 g/mol. The van der Waals surface area contributed by atoms with E-state index >= 15 is 0 Å². The van der Waals surface area contributed by atoms with Crippen molar-refractivity contribution in [3.05, 3.63) is 72.8 Å². The Morgan fingerprint density at radius 3 is 0.571 bits per heavy atom. The van der Waals surface area contributed by atoms with Gasteiger partial charge in [-0.3, -0.25) is 0 Å². The fourth-order valence-corrected chi connectivity index (χ4v) is 5.20. The molecule has 0 aliphatic heterocycles. The molecule has 0 saturated heterocycles. The molecule has 20 nitrogen and oxygen atoms in total. The summed E-state index contributed by atoms with van der Waals surface area (Å²) in [5, 5.41) is 70.9. The molecule has 4 rings (SSSR count). The van der Waals surface area contributed by atoms with Crippen LogP contribution in [0.15, 0.2) is 92.4 Å². The summed E-state index contributed by atoms with van der Waals surface area (Å²) in [5.41, 5.74) is 0. The summed E-state index contributed by atoms with van der Waals surface area (Å²) in [5.74, 6) is -6.17. The van der Waals surface area contributed by atoms with Gasteiger partial charge in [-0.15, -0.1) is 0 Å². The molecule has 0 aromatic heterocycles. The van der Waals surface area contributed by atoms with Gasteiger partial charge in [-0.05, 0) is 48.5 Å². The van der Waals surface area contributed by atoms with Crippen LogP contribution in [0.5, 0.6) is 46.0 Å². The van der Waals surface area contributed by atoms with Gasteiger partial charge in [0.2, 0.25) is 0 Å². The summed E-state index contributed by atoms with van der Waals surface area (Å²) >= 11 is 0. The van der Waals surface area contributed by atoms with Crippen molar-refractivity contribution < 1.29 is 114 Å². The van der Waals surface area contributed by atoms with Crippen LogP contribution in [-0.4, -0.2) is 92.7 Å². The van der Waals surface area contributed by atoms with Gasteiger partial charge >= 0.3 is 21.1 Å². The van der Waals surface area contributed by atoms with Gasteiger partial charge in [0.25, 0.3) is 0 Å². The number of rotatable bonds is 4. The second kappa shape index (κ2) is 17.3. The minimum Gasteiger partial charge on any atom is -0.744 e. The number of benzene rings is 4. The zero-order valence-electron chi connectivity index (χ0n) is 23.4. The van der Waals surface area contributed by atoms with Crippen molar-refractivity contribution in [2.45, 2.75) is 19.6 Å². The van der Waals surface area contributed by atoms with Crippen molar-refractivity contribution in [1.82, 2.24) is 0 Å². The minimum absolute atomic E-state index is 0. The molecule has 49 heavy (non-hydrogen) atoms. The average Bonchev–Trinajstić information content (AvgIpc) is 2.93. The van der Waals surface area contributed by atoms with Crippen molar-refractivity contribution in [3.8, 4) is 46.0 Å². The summed E-state index contributed by atoms with van der Waals surface area (Å²) in [6, 6.07) is 12.6. The first kappa shape index (κ1) is 44.6. The molecular formula is C24H20MoO20S4. The largest absolute Gasteiger partial charge is 4.00 e. The van der Waals surface area contributed by atoms with Gasteiger partial charge in [0.1, 0.15) is 40.5 Å². The number of phenolic OH excluding ortho intramolecular Hbond substituents is 8. The first-order valence-electron chi connectivity index (χ1n) is 11.6. The van der Waals surface area contributed by atoms with Crippen LogP contribution in [0.2, 0.25) is 0 Å². The van der Waals surface area contributed by atoms with Crippen LogP contribution < -0.4 is 0 Å². The van der Waals surface area contributed by atoms with Crippen molar-refractivity contribution in [3.63, 3.8) is 0 Å². The predicted octanol–water partition coefficient (Wildman–Crippen LogP) is 0.00510. The molecule has 0 saturated carbocycles. The van der Waals surface area contributed by atoms with E-state index in [-0.39, 0.29) is 21.1 Å². The Balaban J connectivity index is 0.000000623. The van der Waals surface area contributed by atoms with Gasteiger partial charge in [-0.2, -0.15) is 0 Å². The third kappa shape index (κ3) is 13.2. The molecule has 266 valence electrons. The van der Waals surface area contributed by atoms with Gasteiger partial charge in [-0.25, -0.2) is 33.7 Å². The van der Waals surface area contributed by atoms with E-state index < -0.39 is 106 Å². The third-order valence-corrected chi connectivity index (χ3v) is 8.46. The number of hydrogen-bond acceptors (Lipinski definition) is 20. The Hall–Kier alpha value is -4.39. The fraction of sp³-hybridized carbons (Fsp3) is 0. The average molecular weight is 853 g/mol. The number of aromatic hydroxyl groups is 8. The van der Waals surface area contributed by atoms with Crippen LogP contribution in [0, 0.1) is 0 Å². The van der Waals surface area contributed by atoms with Crippen LogP contribution in [0.1, 0.15) is 0 Å². The third-order valence-electron chi connectivity index (χ3n) is 4.99. The summed E-state index contributed by atoms with van der Waals surface area (Å²) < 4.78 is 125. The molecule has 0 amide bonds. The van der Waals surface area contributed by atoms with Gasteiger partial charge in [-0.1, -0.05) is 24.3 Å². The Morgan fingerprint density at radius 2 is 0.469 bits per heavy atom. The van der Waals surface area contributed by atoms with E-state index in [1.807, 2.05) is 0 Å². The van der Waals surface area contributed by atoms with E-state index in [4.69, 9.17) is 40.9 Å². The molecule has 0 aliphatic carbocycles. The van der Waals surface area contributed by atoms with Crippen molar-refractivity contribution >= 4 is 40.5 Å². The molecule has 0 radical (unpaired) electrons. The molecule has 8 N–H and O–H groups in total. The van der Waals surface area contributed by atoms with Crippen LogP contribution in [-0.2, 0) is 61.5 Å². The van der Waals surface area contributed by atoms with Gasteiger partial charge in [0.15, 0.2) is 46.0 Å². The summed E-state index contributed by atoms with van der Waals surface area (Å²) in [6.07, 6.45) is 0. The molecule has 0 aliphatic rings.